The minimum absolute atomic E-state index is 0.0412. The molecule has 1 aromatic heterocycles. The monoisotopic (exact) mass is 541 g/mol. The minimum atomic E-state index is -4.84. The Morgan fingerprint density at radius 1 is 1.38 bits per heavy atom. The Labute approximate surface area is 213 Å². The predicted molar refractivity (Wildman–Crippen MR) is 127 cm³/mol. The molecule has 0 saturated carbocycles. The van der Waals surface area contributed by atoms with Crippen molar-refractivity contribution >= 4 is 28.6 Å². The van der Waals surface area contributed by atoms with Gasteiger partial charge in [0.15, 0.2) is 5.69 Å². The molecule has 1 heterocycles. The molecule has 0 aliphatic heterocycles. The van der Waals surface area contributed by atoms with Crippen molar-refractivity contribution in [2.24, 2.45) is 4.99 Å². The number of carbonyl (C=O) groups is 2. The van der Waals surface area contributed by atoms with Crippen LogP contribution >= 0.6 is 11.8 Å². The maximum atomic E-state index is 14.5. The zero-order chi connectivity index (χ0) is 27.4. The Morgan fingerprint density at radius 2 is 2.14 bits per heavy atom. The first-order chi connectivity index (χ1) is 17.5. The van der Waals surface area contributed by atoms with Crippen molar-refractivity contribution in [3.8, 4) is 11.8 Å². The van der Waals surface area contributed by atoms with Crippen LogP contribution < -0.4 is 15.4 Å². The van der Waals surface area contributed by atoms with Crippen LogP contribution in [0, 0.1) is 11.3 Å². The summed E-state index contributed by atoms with van der Waals surface area (Å²) in [4.78, 5) is 28.0. The summed E-state index contributed by atoms with van der Waals surface area (Å²) in [5, 5.41) is 21.4. The third kappa shape index (κ3) is 11.1. The van der Waals surface area contributed by atoms with E-state index in [0.29, 0.717) is 10.6 Å². The van der Waals surface area contributed by atoms with Gasteiger partial charge in [-0.1, -0.05) is 35.7 Å². The molecule has 1 unspecified atom stereocenters. The number of hydrogen-bond acceptors (Lipinski definition) is 8. The number of halogens is 4. The van der Waals surface area contributed by atoms with Gasteiger partial charge in [-0.3, -0.25) is 14.6 Å². The molecule has 2 amide bonds. The average molecular weight is 542 g/mol. The van der Waals surface area contributed by atoms with Crippen molar-refractivity contribution in [1.29, 1.82) is 5.26 Å². The maximum absolute atomic E-state index is 14.5. The van der Waals surface area contributed by atoms with Crippen LogP contribution in [0.5, 0.6) is 5.75 Å². The Balaban J connectivity index is 1.78. The molecule has 0 saturated heterocycles. The van der Waals surface area contributed by atoms with Gasteiger partial charge in [-0.25, -0.2) is 9.07 Å². The number of nitriles is 1. The van der Waals surface area contributed by atoms with E-state index in [1.807, 2.05) is 0 Å². The van der Waals surface area contributed by atoms with E-state index in [1.165, 1.54) is 30.1 Å². The second-order valence-electron chi connectivity index (χ2n) is 7.37. The van der Waals surface area contributed by atoms with E-state index in [-0.39, 0.29) is 43.1 Å². The first kappa shape index (κ1) is 29.3. The van der Waals surface area contributed by atoms with E-state index in [4.69, 9.17) is 5.26 Å². The molecule has 10 nitrogen and oxygen atoms in total. The normalized spacial score (nSPS) is 12.4. The lowest BCUT2D eigenvalue weighted by molar-refractivity contribution is -0.274. The maximum Gasteiger partial charge on any atom is 0.573 e. The van der Waals surface area contributed by atoms with Crippen molar-refractivity contribution in [2.75, 3.05) is 13.6 Å². The Hall–Kier alpha value is -3.93. The third-order valence-corrected chi connectivity index (χ3v) is 5.39. The van der Waals surface area contributed by atoms with Gasteiger partial charge in [0, 0.05) is 7.05 Å². The molecule has 0 spiro atoms. The molecule has 2 aromatic rings. The van der Waals surface area contributed by atoms with Gasteiger partial charge in [-0.15, -0.1) is 18.3 Å². The topological polar surface area (TPSA) is 134 Å². The van der Waals surface area contributed by atoms with E-state index >= 15 is 0 Å². The Morgan fingerprint density at radius 3 is 2.81 bits per heavy atom. The first-order valence-corrected chi connectivity index (χ1v) is 11.5. The van der Waals surface area contributed by atoms with Crippen LogP contribution in [-0.4, -0.2) is 58.0 Å². The summed E-state index contributed by atoms with van der Waals surface area (Å²) in [6, 6.07) is 6.81. The summed E-state index contributed by atoms with van der Waals surface area (Å²) in [6.07, 6.45) is -4.85. The van der Waals surface area contributed by atoms with E-state index in [1.54, 1.807) is 6.07 Å². The summed E-state index contributed by atoms with van der Waals surface area (Å²) < 4.78 is 56.6. The highest BCUT2D eigenvalue weighted by atomic mass is 32.2. The predicted octanol–water partition coefficient (Wildman–Crippen LogP) is 3.14. The van der Waals surface area contributed by atoms with Crippen molar-refractivity contribution in [3.63, 3.8) is 0 Å². The van der Waals surface area contributed by atoms with Gasteiger partial charge in [-0.2, -0.15) is 5.26 Å². The smallest absolute Gasteiger partial charge is 0.406 e. The highest BCUT2D eigenvalue weighted by molar-refractivity contribution is 8.17. The molecule has 1 aromatic carbocycles. The molecule has 198 valence electrons. The van der Waals surface area contributed by atoms with Crippen molar-refractivity contribution in [2.45, 2.75) is 38.3 Å². The van der Waals surface area contributed by atoms with Crippen molar-refractivity contribution in [1.82, 2.24) is 25.6 Å². The number of aliphatic imine (C=N–C) groups is 1. The van der Waals surface area contributed by atoms with Gasteiger partial charge in [0.1, 0.15) is 18.5 Å². The summed E-state index contributed by atoms with van der Waals surface area (Å²) in [7, 11) is 1.50. The largest absolute Gasteiger partial charge is 0.573 e. The highest BCUT2D eigenvalue weighted by Crippen LogP contribution is 2.24. The molecule has 1 atom stereocenters. The summed E-state index contributed by atoms with van der Waals surface area (Å²) in [5.41, 5.74) is 0.265. The minimum Gasteiger partial charge on any atom is -0.406 e. The fourth-order valence-corrected chi connectivity index (χ4v) is 3.65. The number of thioether (sulfide) groups is 1. The average Bonchev–Trinajstić information content (AvgIpc) is 3.27. The van der Waals surface area contributed by atoms with Crippen molar-refractivity contribution < 1.29 is 31.9 Å². The van der Waals surface area contributed by atoms with Crippen LogP contribution in [0.1, 0.15) is 28.9 Å². The molecule has 0 bridgehead atoms. The number of nitrogens with zero attached hydrogens (tertiary/aromatic N) is 5. The van der Waals surface area contributed by atoms with Gasteiger partial charge >= 0.3 is 6.36 Å². The van der Waals surface area contributed by atoms with Gasteiger partial charge in [-0.05, 0) is 30.5 Å². The lowest BCUT2D eigenvalue weighted by atomic mass is 10.1. The van der Waals surface area contributed by atoms with Gasteiger partial charge in [0.2, 0.25) is 5.91 Å². The molecule has 37 heavy (non-hydrogen) atoms. The van der Waals surface area contributed by atoms with E-state index < -0.39 is 30.1 Å². The number of nitrogens with one attached hydrogen (secondary N) is 2. The number of rotatable bonds is 12. The van der Waals surface area contributed by atoms with Crippen LogP contribution in [-0.2, 0) is 17.8 Å². The molecule has 2 rings (SSSR count). The van der Waals surface area contributed by atoms with E-state index in [2.05, 4.69) is 37.3 Å². The summed E-state index contributed by atoms with van der Waals surface area (Å²) in [6.45, 7) is 3.38. The number of hydrogen-bond donors (Lipinski definition) is 2. The highest BCUT2D eigenvalue weighted by Gasteiger charge is 2.31. The Kier molecular flexibility index (Phi) is 11.1. The quantitative estimate of drug-likeness (QED) is 0.182. The lowest BCUT2D eigenvalue weighted by Gasteiger charge is -2.12. The molecule has 0 aliphatic rings. The zero-order valence-electron chi connectivity index (χ0n) is 19.6. The second kappa shape index (κ2) is 14.0. The number of amides is 2. The third-order valence-electron chi connectivity index (χ3n) is 4.42. The molecule has 15 heteroatoms. The van der Waals surface area contributed by atoms with Crippen LogP contribution in [0.2, 0.25) is 0 Å². The lowest BCUT2D eigenvalue weighted by Crippen LogP contribution is -2.24. The second-order valence-corrected chi connectivity index (χ2v) is 8.53. The molecule has 0 fully saturated rings. The number of aromatic nitrogens is 3. The van der Waals surface area contributed by atoms with Crippen LogP contribution in [0.15, 0.2) is 47.1 Å². The molecule has 0 aliphatic carbocycles. The van der Waals surface area contributed by atoms with Gasteiger partial charge in [0.25, 0.3) is 5.91 Å². The fourth-order valence-electron chi connectivity index (χ4n) is 2.89. The standard InChI is InChI=1S/C22H23F4N7O3S/c1-14(30-19(34)11-15-4-3-5-17(10-15)36-22(24,25)26)37-20(28-2)7-6-16(23)12-33-13-18(31-32-33)21(35)29-9-8-27/h3-5,10,13,16H,1,6-7,9,11-12H2,2H3,(H,29,35)(H,30,34). The van der Waals surface area contributed by atoms with Crippen LogP contribution in [0.25, 0.3) is 0 Å². The number of alkyl halides is 4. The van der Waals surface area contributed by atoms with Gasteiger partial charge in [0.05, 0.1) is 35.3 Å². The first-order valence-electron chi connectivity index (χ1n) is 10.7. The Bertz CT molecular complexity index is 1180. The van der Waals surface area contributed by atoms with Crippen LogP contribution in [0.3, 0.4) is 0 Å². The SMILES string of the molecule is C=C(NC(=O)Cc1cccc(OC(F)(F)F)c1)SC(CCC(F)Cn1cc(C(=O)NCC#N)nn1)=NC. The zero-order valence-corrected chi connectivity index (χ0v) is 20.4. The molecular formula is C22H23F4N7O3S. The fraction of sp³-hybridized carbons (Fsp3) is 0.364. The number of carbonyl (C=O) groups excluding carboxylic acids is 2. The molecule has 2 N–H and O–H groups in total. The van der Waals surface area contributed by atoms with Crippen LogP contribution in [0.4, 0.5) is 17.6 Å². The van der Waals surface area contributed by atoms with E-state index in [0.717, 1.165) is 23.9 Å². The van der Waals surface area contributed by atoms with Gasteiger partial charge < -0.3 is 15.4 Å². The molecule has 0 radical (unpaired) electrons. The van der Waals surface area contributed by atoms with Crippen molar-refractivity contribution in [3.05, 3.63) is 53.3 Å². The molecular weight excluding hydrogens is 518 g/mol. The summed E-state index contributed by atoms with van der Waals surface area (Å²) >= 11 is 1.03. The summed E-state index contributed by atoms with van der Waals surface area (Å²) in [5.74, 6) is -1.54. The number of benzene rings is 1. The number of ether oxygens (including phenoxy) is 1. The van der Waals surface area contributed by atoms with E-state index in [9.17, 15) is 27.2 Å².